The van der Waals surface area contributed by atoms with E-state index >= 15 is 0 Å². The van der Waals surface area contributed by atoms with Gasteiger partial charge in [0.2, 0.25) is 0 Å². The largest absolute Gasteiger partial charge is 0.382 e. The van der Waals surface area contributed by atoms with Crippen molar-refractivity contribution in [2.45, 2.75) is 32.7 Å². The fraction of sp³-hybridized carbons (Fsp3) is 0.294. The van der Waals surface area contributed by atoms with Crippen molar-refractivity contribution in [3.05, 3.63) is 53.6 Å². The number of rotatable bonds is 1. The van der Waals surface area contributed by atoms with Gasteiger partial charge in [-0.3, -0.25) is 0 Å². The lowest BCUT2D eigenvalue weighted by Gasteiger charge is -2.24. The molecule has 2 aromatic carbocycles. The second-order valence-corrected chi connectivity index (χ2v) is 5.27. The van der Waals surface area contributed by atoms with Crippen molar-refractivity contribution in [3.63, 3.8) is 0 Å². The number of fused-ring (bicyclic) bond motifs is 1. The van der Waals surface area contributed by atoms with Gasteiger partial charge in [0.05, 0.1) is 0 Å². The smallest absolute Gasteiger partial charge is 0.0375 e. The second-order valence-electron chi connectivity index (χ2n) is 5.27. The molecule has 1 aliphatic rings. The van der Waals surface area contributed by atoms with Crippen LogP contribution >= 0.6 is 0 Å². The van der Waals surface area contributed by atoms with Crippen LogP contribution in [0.5, 0.6) is 0 Å². The summed E-state index contributed by atoms with van der Waals surface area (Å²) in [4.78, 5) is 0. The zero-order chi connectivity index (χ0) is 12.5. The Hall–Kier alpha value is -1.76. The van der Waals surface area contributed by atoms with Gasteiger partial charge in [-0.25, -0.2) is 0 Å². The molecule has 1 atom stereocenters. The molecule has 2 aromatic rings. The topological polar surface area (TPSA) is 12.0 Å². The molecule has 1 heterocycles. The van der Waals surface area contributed by atoms with Gasteiger partial charge >= 0.3 is 0 Å². The lowest BCUT2D eigenvalue weighted by atomic mass is 9.93. The zero-order valence-electron chi connectivity index (χ0n) is 11.0. The van der Waals surface area contributed by atoms with Crippen LogP contribution in [0, 0.1) is 6.92 Å². The third kappa shape index (κ3) is 2.01. The number of nitrogens with one attached hydrogen (secondary N) is 1. The Kier molecular flexibility index (Phi) is 2.83. The summed E-state index contributed by atoms with van der Waals surface area (Å²) in [5, 5.41) is 3.55. The molecular weight excluding hydrogens is 218 g/mol. The van der Waals surface area contributed by atoms with E-state index in [0.717, 1.165) is 0 Å². The van der Waals surface area contributed by atoms with Gasteiger partial charge < -0.3 is 5.32 Å². The third-order valence-electron chi connectivity index (χ3n) is 3.81. The van der Waals surface area contributed by atoms with Gasteiger partial charge in [-0.2, -0.15) is 0 Å². The first-order valence-corrected chi connectivity index (χ1v) is 6.69. The molecule has 0 saturated carbocycles. The SMILES string of the molecule is Cc1ccccc1-c1ccc2c(c1)CCC(C)N2. The molecule has 1 unspecified atom stereocenters. The standard InChI is InChI=1S/C17H19N/c1-12-5-3-4-6-16(12)14-9-10-17-15(11-14)8-7-13(2)18-17/h3-6,9-11,13,18H,7-8H2,1-2H3. The predicted molar refractivity (Wildman–Crippen MR) is 78.0 cm³/mol. The normalized spacial score (nSPS) is 18.0. The average Bonchev–Trinajstić information content (AvgIpc) is 2.39. The van der Waals surface area contributed by atoms with E-state index in [4.69, 9.17) is 0 Å². The van der Waals surface area contributed by atoms with Crippen LogP contribution in [0.4, 0.5) is 5.69 Å². The van der Waals surface area contributed by atoms with E-state index < -0.39 is 0 Å². The number of benzene rings is 2. The van der Waals surface area contributed by atoms with Crippen LogP contribution in [0.15, 0.2) is 42.5 Å². The fourth-order valence-corrected chi connectivity index (χ4v) is 2.72. The van der Waals surface area contributed by atoms with E-state index in [1.165, 1.54) is 40.8 Å². The van der Waals surface area contributed by atoms with Gasteiger partial charge in [-0.15, -0.1) is 0 Å². The lowest BCUT2D eigenvalue weighted by molar-refractivity contribution is 0.681. The predicted octanol–water partition coefficient (Wildman–Crippen LogP) is 4.41. The lowest BCUT2D eigenvalue weighted by Crippen LogP contribution is -2.21. The van der Waals surface area contributed by atoms with Crippen LogP contribution in [0.25, 0.3) is 11.1 Å². The van der Waals surface area contributed by atoms with Gasteiger partial charge in [0, 0.05) is 11.7 Å². The van der Waals surface area contributed by atoms with Gasteiger partial charge in [0.15, 0.2) is 0 Å². The number of aryl methyl sites for hydroxylation is 2. The second kappa shape index (κ2) is 4.49. The van der Waals surface area contributed by atoms with E-state index in [-0.39, 0.29) is 0 Å². The first kappa shape index (κ1) is 11.3. The maximum absolute atomic E-state index is 3.55. The fourth-order valence-electron chi connectivity index (χ4n) is 2.72. The van der Waals surface area contributed by atoms with Crippen molar-refractivity contribution in [1.29, 1.82) is 0 Å². The molecule has 0 spiro atoms. The van der Waals surface area contributed by atoms with Crippen LogP contribution in [-0.2, 0) is 6.42 Å². The number of anilines is 1. The minimum absolute atomic E-state index is 0.599. The van der Waals surface area contributed by atoms with Crippen LogP contribution in [0.3, 0.4) is 0 Å². The van der Waals surface area contributed by atoms with Crippen molar-refractivity contribution < 1.29 is 0 Å². The van der Waals surface area contributed by atoms with Crippen molar-refractivity contribution in [2.24, 2.45) is 0 Å². The number of hydrogen-bond donors (Lipinski definition) is 1. The number of hydrogen-bond acceptors (Lipinski definition) is 1. The molecule has 92 valence electrons. The molecule has 0 fully saturated rings. The molecular formula is C17H19N. The third-order valence-corrected chi connectivity index (χ3v) is 3.81. The summed E-state index contributed by atoms with van der Waals surface area (Å²) in [7, 11) is 0. The van der Waals surface area contributed by atoms with E-state index in [1.54, 1.807) is 0 Å². The summed E-state index contributed by atoms with van der Waals surface area (Å²) in [5.41, 5.74) is 6.79. The first-order chi connectivity index (χ1) is 8.74. The summed E-state index contributed by atoms with van der Waals surface area (Å²) in [6.07, 6.45) is 2.41. The first-order valence-electron chi connectivity index (χ1n) is 6.69. The Morgan fingerprint density at radius 2 is 1.94 bits per heavy atom. The molecule has 18 heavy (non-hydrogen) atoms. The molecule has 1 nitrogen and oxygen atoms in total. The minimum Gasteiger partial charge on any atom is -0.382 e. The van der Waals surface area contributed by atoms with Gasteiger partial charge in [0.25, 0.3) is 0 Å². The Balaban J connectivity index is 2.03. The molecule has 0 amide bonds. The zero-order valence-corrected chi connectivity index (χ0v) is 11.0. The van der Waals surface area contributed by atoms with Crippen LogP contribution < -0.4 is 5.32 Å². The Morgan fingerprint density at radius 1 is 1.11 bits per heavy atom. The molecule has 0 radical (unpaired) electrons. The molecule has 0 bridgehead atoms. The quantitative estimate of drug-likeness (QED) is 0.774. The van der Waals surface area contributed by atoms with Gasteiger partial charge in [0.1, 0.15) is 0 Å². The summed E-state index contributed by atoms with van der Waals surface area (Å²) in [6.45, 7) is 4.42. The highest BCUT2D eigenvalue weighted by Gasteiger charge is 2.14. The maximum Gasteiger partial charge on any atom is 0.0375 e. The summed E-state index contributed by atoms with van der Waals surface area (Å²) in [5.74, 6) is 0. The Labute approximate surface area is 109 Å². The summed E-state index contributed by atoms with van der Waals surface area (Å²) < 4.78 is 0. The highest BCUT2D eigenvalue weighted by molar-refractivity contribution is 5.71. The van der Waals surface area contributed by atoms with Gasteiger partial charge in [-0.1, -0.05) is 30.3 Å². The van der Waals surface area contributed by atoms with Crippen molar-refractivity contribution in [2.75, 3.05) is 5.32 Å². The Morgan fingerprint density at radius 3 is 2.78 bits per heavy atom. The highest BCUT2D eigenvalue weighted by Crippen LogP contribution is 2.31. The monoisotopic (exact) mass is 237 g/mol. The summed E-state index contributed by atoms with van der Waals surface area (Å²) >= 11 is 0. The highest BCUT2D eigenvalue weighted by atomic mass is 14.9. The van der Waals surface area contributed by atoms with Crippen LogP contribution in [0.1, 0.15) is 24.5 Å². The van der Waals surface area contributed by atoms with Crippen molar-refractivity contribution in [1.82, 2.24) is 0 Å². The van der Waals surface area contributed by atoms with E-state index in [9.17, 15) is 0 Å². The van der Waals surface area contributed by atoms with Crippen LogP contribution in [0.2, 0.25) is 0 Å². The van der Waals surface area contributed by atoms with Crippen LogP contribution in [-0.4, -0.2) is 6.04 Å². The van der Waals surface area contributed by atoms with Crippen molar-refractivity contribution in [3.8, 4) is 11.1 Å². The summed E-state index contributed by atoms with van der Waals surface area (Å²) in [6, 6.07) is 16.0. The Bertz CT molecular complexity index is 572. The van der Waals surface area contributed by atoms with E-state index in [0.29, 0.717) is 6.04 Å². The molecule has 0 aromatic heterocycles. The molecule has 0 saturated heterocycles. The van der Waals surface area contributed by atoms with E-state index in [1.807, 2.05) is 0 Å². The molecule has 1 aliphatic heterocycles. The maximum atomic E-state index is 3.55. The van der Waals surface area contributed by atoms with Crippen molar-refractivity contribution >= 4 is 5.69 Å². The van der Waals surface area contributed by atoms with E-state index in [2.05, 4.69) is 61.6 Å². The molecule has 3 rings (SSSR count). The average molecular weight is 237 g/mol. The molecule has 1 N–H and O–H groups in total. The molecule has 0 aliphatic carbocycles. The minimum atomic E-state index is 0.599. The van der Waals surface area contributed by atoms with Gasteiger partial charge in [-0.05, 0) is 61.1 Å². The molecule has 1 heteroatoms.